The molecule has 0 bridgehead atoms. The molecule has 1 fully saturated rings. The summed E-state index contributed by atoms with van der Waals surface area (Å²) >= 11 is 3.31. The summed E-state index contributed by atoms with van der Waals surface area (Å²) in [6, 6.07) is 5.47. The molecule has 26 heavy (non-hydrogen) atoms. The first kappa shape index (κ1) is 20.8. The van der Waals surface area contributed by atoms with Crippen LogP contribution in [0.2, 0.25) is 0 Å². The summed E-state index contributed by atoms with van der Waals surface area (Å²) in [6.07, 6.45) is 1.58. The van der Waals surface area contributed by atoms with Crippen molar-refractivity contribution in [2.75, 3.05) is 6.54 Å². The van der Waals surface area contributed by atoms with Crippen LogP contribution < -0.4 is 16.2 Å². The molecule has 0 unspecified atom stereocenters. The largest absolute Gasteiger partial charge is 0.314 e. The maximum Gasteiger partial charge on any atom is 0.270 e. The SMILES string of the molecule is Cc1ccc(Br)c(C(=O)NNC(=O)CCCNC2CCC(F)(F)CC2)c1. The van der Waals surface area contributed by atoms with Gasteiger partial charge in [-0.1, -0.05) is 11.6 Å². The second-order valence-electron chi connectivity index (χ2n) is 6.67. The highest BCUT2D eigenvalue weighted by atomic mass is 79.9. The number of hydrogen-bond acceptors (Lipinski definition) is 3. The van der Waals surface area contributed by atoms with Gasteiger partial charge < -0.3 is 5.32 Å². The van der Waals surface area contributed by atoms with Crippen LogP contribution in [0, 0.1) is 6.92 Å². The fraction of sp³-hybridized carbons (Fsp3) is 0.556. The maximum absolute atomic E-state index is 13.1. The topological polar surface area (TPSA) is 70.2 Å². The summed E-state index contributed by atoms with van der Waals surface area (Å²) in [7, 11) is 0. The van der Waals surface area contributed by atoms with Crippen LogP contribution in [0.1, 0.15) is 54.4 Å². The van der Waals surface area contributed by atoms with Crippen LogP contribution in [-0.4, -0.2) is 30.3 Å². The lowest BCUT2D eigenvalue weighted by atomic mass is 9.92. The fourth-order valence-electron chi connectivity index (χ4n) is 2.87. The average Bonchev–Trinajstić information content (AvgIpc) is 2.60. The van der Waals surface area contributed by atoms with E-state index in [4.69, 9.17) is 0 Å². The molecule has 2 amide bonds. The van der Waals surface area contributed by atoms with Crippen LogP contribution in [0.4, 0.5) is 8.78 Å². The molecule has 8 heteroatoms. The van der Waals surface area contributed by atoms with Crippen molar-refractivity contribution in [1.82, 2.24) is 16.2 Å². The normalized spacial score (nSPS) is 16.9. The van der Waals surface area contributed by atoms with Crippen LogP contribution in [0.3, 0.4) is 0 Å². The fourth-order valence-corrected chi connectivity index (χ4v) is 3.30. The van der Waals surface area contributed by atoms with Gasteiger partial charge in [0.15, 0.2) is 0 Å². The summed E-state index contributed by atoms with van der Waals surface area (Å²) in [5.41, 5.74) is 6.17. The lowest BCUT2D eigenvalue weighted by Gasteiger charge is -2.28. The average molecular weight is 432 g/mol. The van der Waals surface area contributed by atoms with Gasteiger partial charge in [-0.3, -0.25) is 20.4 Å². The van der Waals surface area contributed by atoms with Crippen molar-refractivity contribution < 1.29 is 18.4 Å². The number of amides is 2. The molecule has 0 aliphatic heterocycles. The van der Waals surface area contributed by atoms with Crippen molar-refractivity contribution >= 4 is 27.7 Å². The van der Waals surface area contributed by atoms with Crippen molar-refractivity contribution in [3.8, 4) is 0 Å². The molecule has 3 N–H and O–H groups in total. The molecule has 0 radical (unpaired) electrons. The van der Waals surface area contributed by atoms with Crippen molar-refractivity contribution in [3.63, 3.8) is 0 Å². The molecular formula is C18H24BrF2N3O2. The number of aryl methyl sites for hydroxylation is 1. The molecule has 144 valence electrons. The van der Waals surface area contributed by atoms with Crippen LogP contribution >= 0.6 is 15.9 Å². The number of hydrazine groups is 1. The quantitative estimate of drug-likeness (QED) is 0.477. The molecule has 0 spiro atoms. The van der Waals surface area contributed by atoms with Crippen molar-refractivity contribution in [1.29, 1.82) is 0 Å². The van der Waals surface area contributed by atoms with E-state index in [1.54, 1.807) is 12.1 Å². The van der Waals surface area contributed by atoms with Crippen LogP contribution in [0.5, 0.6) is 0 Å². The molecule has 1 aromatic carbocycles. The molecule has 1 aromatic rings. The van der Waals surface area contributed by atoms with E-state index in [9.17, 15) is 18.4 Å². The van der Waals surface area contributed by atoms with Crippen LogP contribution in [0.15, 0.2) is 22.7 Å². The van der Waals surface area contributed by atoms with Gasteiger partial charge in [-0.25, -0.2) is 8.78 Å². The molecular weight excluding hydrogens is 408 g/mol. The Kier molecular flexibility index (Phi) is 7.52. The number of hydrogen-bond donors (Lipinski definition) is 3. The minimum absolute atomic E-state index is 0.0777. The van der Waals surface area contributed by atoms with E-state index >= 15 is 0 Å². The Morgan fingerprint density at radius 3 is 2.62 bits per heavy atom. The molecule has 0 aromatic heterocycles. The number of benzene rings is 1. The van der Waals surface area contributed by atoms with E-state index in [1.165, 1.54) is 0 Å². The van der Waals surface area contributed by atoms with E-state index in [1.807, 2.05) is 13.0 Å². The number of carbonyl (C=O) groups excluding carboxylic acids is 2. The number of nitrogens with one attached hydrogen (secondary N) is 3. The van der Waals surface area contributed by atoms with Gasteiger partial charge in [-0.05, 0) is 60.8 Å². The zero-order valence-electron chi connectivity index (χ0n) is 14.7. The van der Waals surface area contributed by atoms with Gasteiger partial charge in [0.1, 0.15) is 0 Å². The van der Waals surface area contributed by atoms with E-state index in [-0.39, 0.29) is 31.2 Å². The first-order valence-corrected chi connectivity index (χ1v) is 9.53. The minimum Gasteiger partial charge on any atom is -0.314 e. The van der Waals surface area contributed by atoms with E-state index in [0.29, 0.717) is 35.8 Å². The van der Waals surface area contributed by atoms with E-state index in [2.05, 4.69) is 32.1 Å². The van der Waals surface area contributed by atoms with Crippen molar-refractivity contribution in [2.24, 2.45) is 0 Å². The molecule has 1 aliphatic carbocycles. The van der Waals surface area contributed by atoms with Gasteiger partial charge in [0, 0.05) is 29.8 Å². The molecule has 1 aliphatic rings. The van der Waals surface area contributed by atoms with Gasteiger partial charge >= 0.3 is 0 Å². The second kappa shape index (κ2) is 9.41. The number of alkyl halides is 2. The predicted molar refractivity (Wildman–Crippen MR) is 98.9 cm³/mol. The summed E-state index contributed by atoms with van der Waals surface area (Å²) < 4.78 is 26.8. The third kappa shape index (κ3) is 6.64. The second-order valence-corrected chi connectivity index (χ2v) is 7.53. The van der Waals surface area contributed by atoms with Gasteiger partial charge in [0.25, 0.3) is 5.91 Å². The zero-order chi connectivity index (χ0) is 19.2. The zero-order valence-corrected chi connectivity index (χ0v) is 16.3. The first-order chi connectivity index (χ1) is 12.3. The Labute approximate surface area is 160 Å². The molecule has 0 saturated heterocycles. The Bertz CT molecular complexity index is 645. The molecule has 0 atom stereocenters. The standard InChI is InChI=1S/C18H24BrF2N3O2/c1-12-4-5-15(19)14(11-12)17(26)24-23-16(25)3-2-10-22-13-6-8-18(20,21)9-7-13/h4-5,11,13,22H,2-3,6-10H2,1H3,(H,23,25)(H,24,26). The van der Waals surface area contributed by atoms with Gasteiger partial charge in [0.2, 0.25) is 11.8 Å². The van der Waals surface area contributed by atoms with Crippen LogP contribution in [-0.2, 0) is 4.79 Å². The minimum atomic E-state index is -2.53. The van der Waals surface area contributed by atoms with Crippen molar-refractivity contribution in [3.05, 3.63) is 33.8 Å². The highest BCUT2D eigenvalue weighted by molar-refractivity contribution is 9.10. The molecule has 0 heterocycles. The summed E-state index contributed by atoms with van der Waals surface area (Å²) in [4.78, 5) is 23.9. The Hall–Kier alpha value is -1.54. The van der Waals surface area contributed by atoms with E-state index in [0.717, 1.165) is 5.56 Å². The van der Waals surface area contributed by atoms with Crippen molar-refractivity contribution in [2.45, 2.75) is 57.4 Å². The third-order valence-corrected chi connectivity index (χ3v) is 5.10. The highest BCUT2D eigenvalue weighted by Crippen LogP contribution is 2.32. The van der Waals surface area contributed by atoms with Crippen LogP contribution in [0.25, 0.3) is 0 Å². The first-order valence-electron chi connectivity index (χ1n) is 8.73. The third-order valence-electron chi connectivity index (χ3n) is 4.41. The Morgan fingerprint density at radius 2 is 1.92 bits per heavy atom. The van der Waals surface area contributed by atoms with E-state index < -0.39 is 11.8 Å². The Morgan fingerprint density at radius 1 is 1.23 bits per heavy atom. The van der Waals surface area contributed by atoms with Gasteiger partial charge in [-0.15, -0.1) is 0 Å². The number of rotatable bonds is 6. The summed E-state index contributed by atoms with van der Waals surface area (Å²) in [6.45, 7) is 2.46. The summed E-state index contributed by atoms with van der Waals surface area (Å²) in [5, 5.41) is 3.21. The number of halogens is 3. The lowest BCUT2D eigenvalue weighted by Crippen LogP contribution is -2.42. The highest BCUT2D eigenvalue weighted by Gasteiger charge is 2.34. The lowest BCUT2D eigenvalue weighted by molar-refractivity contribution is -0.121. The van der Waals surface area contributed by atoms with Gasteiger partial charge in [-0.2, -0.15) is 0 Å². The molecule has 2 rings (SSSR count). The molecule has 5 nitrogen and oxygen atoms in total. The monoisotopic (exact) mass is 431 g/mol. The smallest absolute Gasteiger partial charge is 0.270 e. The predicted octanol–water partition coefficient (Wildman–Crippen LogP) is 3.47. The maximum atomic E-state index is 13.1. The molecule has 1 saturated carbocycles. The number of carbonyl (C=O) groups is 2. The Balaban J connectivity index is 1.62. The summed E-state index contributed by atoms with van der Waals surface area (Å²) in [5.74, 6) is -3.21. The van der Waals surface area contributed by atoms with Gasteiger partial charge in [0.05, 0.1) is 5.56 Å².